The summed E-state index contributed by atoms with van der Waals surface area (Å²) in [5.74, 6) is -0.386. The van der Waals surface area contributed by atoms with Crippen molar-refractivity contribution in [3.8, 4) is 0 Å². The molecular weight excluding hydrogens is 388 g/mol. The molecule has 1 unspecified atom stereocenters. The van der Waals surface area contributed by atoms with Gasteiger partial charge in [-0.2, -0.15) is 0 Å². The van der Waals surface area contributed by atoms with Gasteiger partial charge in [0, 0.05) is 6.54 Å². The van der Waals surface area contributed by atoms with Crippen LogP contribution in [0.2, 0.25) is 0 Å². The summed E-state index contributed by atoms with van der Waals surface area (Å²) >= 11 is 0. The molecular formula is C22H26N2O4S. The van der Waals surface area contributed by atoms with Crippen LogP contribution in [0.15, 0.2) is 53.4 Å². The first-order valence-electron chi connectivity index (χ1n) is 9.72. The predicted molar refractivity (Wildman–Crippen MR) is 111 cm³/mol. The molecule has 1 atom stereocenters. The normalized spacial score (nSPS) is 15.6. The van der Waals surface area contributed by atoms with Crippen molar-refractivity contribution < 1.29 is 18.0 Å². The number of amides is 2. The molecule has 0 spiro atoms. The third kappa shape index (κ3) is 5.23. The monoisotopic (exact) mass is 414 g/mol. The number of benzene rings is 2. The Morgan fingerprint density at radius 2 is 1.76 bits per heavy atom. The molecule has 29 heavy (non-hydrogen) atoms. The zero-order valence-corrected chi connectivity index (χ0v) is 17.5. The maximum atomic E-state index is 12.7. The quantitative estimate of drug-likeness (QED) is 0.725. The van der Waals surface area contributed by atoms with E-state index < -0.39 is 15.9 Å². The summed E-state index contributed by atoms with van der Waals surface area (Å²) in [6, 6.07) is 13.9. The van der Waals surface area contributed by atoms with Gasteiger partial charge in [0.25, 0.3) is 0 Å². The van der Waals surface area contributed by atoms with Crippen LogP contribution in [0.25, 0.3) is 0 Å². The molecule has 2 amide bonds. The number of hydrogen-bond donors (Lipinski definition) is 2. The molecule has 0 saturated heterocycles. The van der Waals surface area contributed by atoms with E-state index in [9.17, 15) is 18.0 Å². The van der Waals surface area contributed by atoms with E-state index in [0.29, 0.717) is 11.3 Å². The number of fused-ring (bicyclic) bond motifs is 1. The highest BCUT2D eigenvalue weighted by molar-refractivity contribution is 7.91. The average molecular weight is 415 g/mol. The van der Waals surface area contributed by atoms with Crippen LogP contribution in [0, 0.1) is 5.92 Å². The van der Waals surface area contributed by atoms with Gasteiger partial charge in [0.2, 0.25) is 11.8 Å². The smallest absolute Gasteiger partial charge is 0.243 e. The highest BCUT2D eigenvalue weighted by Crippen LogP contribution is 2.26. The van der Waals surface area contributed by atoms with Crippen LogP contribution in [0.4, 0.5) is 0 Å². The summed E-state index contributed by atoms with van der Waals surface area (Å²) in [5, 5.41) is 5.68. The summed E-state index contributed by atoms with van der Waals surface area (Å²) in [7, 11) is -3.15. The van der Waals surface area contributed by atoms with Gasteiger partial charge in [0.15, 0.2) is 9.84 Å². The molecule has 0 saturated carbocycles. The summed E-state index contributed by atoms with van der Waals surface area (Å²) in [6.45, 7) is 4.05. The molecule has 2 aromatic carbocycles. The summed E-state index contributed by atoms with van der Waals surface area (Å²) in [4.78, 5) is 25.4. The number of nitrogens with one attached hydrogen (secondary N) is 2. The minimum absolute atomic E-state index is 0.0695. The second-order valence-electron chi connectivity index (χ2n) is 7.68. The van der Waals surface area contributed by atoms with Gasteiger partial charge >= 0.3 is 0 Å². The molecule has 1 aliphatic rings. The van der Waals surface area contributed by atoms with E-state index in [1.165, 1.54) is 0 Å². The number of carbonyl (C=O) groups excluding carboxylic acids is 2. The van der Waals surface area contributed by atoms with Gasteiger partial charge in [-0.05, 0) is 35.1 Å². The Hall–Kier alpha value is -2.67. The molecule has 1 heterocycles. The van der Waals surface area contributed by atoms with Gasteiger partial charge in [-0.1, -0.05) is 56.3 Å². The lowest BCUT2D eigenvalue weighted by atomic mass is 10.0. The SMILES string of the molecule is CC(C)C(NC(=O)Cc1ccccc1)C(=O)NCc1ccc2c(c1)CCS2(=O)=O. The Balaban J connectivity index is 1.59. The third-order valence-corrected chi connectivity index (χ3v) is 6.85. The van der Waals surface area contributed by atoms with Gasteiger partial charge in [-0.15, -0.1) is 0 Å². The fraction of sp³-hybridized carbons (Fsp3) is 0.364. The fourth-order valence-electron chi connectivity index (χ4n) is 3.44. The van der Waals surface area contributed by atoms with Crippen LogP contribution in [-0.2, 0) is 38.8 Å². The molecule has 2 N–H and O–H groups in total. The molecule has 0 aliphatic carbocycles. The molecule has 1 aliphatic heterocycles. The lowest BCUT2D eigenvalue weighted by Gasteiger charge is -2.22. The second-order valence-corrected chi connectivity index (χ2v) is 9.76. The van der Waals surface area contributed by atoms with Crippen molar-refractivity contribution in [2.75, 3.05) is 5.75 Å². The first-order chi connectivity index (χ1) is 13.8. The standard InChI is InChI=1S/C22H26N2O4S/c1-15(2)21(24-20(25)13-16-6-4-3-5-7-16)22(26)23-14-17-8-9-19-18(12-17)10-11-29(19,27)28/h3-9,12,15,21H,10-11,13-14H2,1-2H3,(H,23,26)(H,24,25). The van der Waals surface area contributed by atoms with Crippen molar-refractivity contribution in [2.24, 2.45) is 5.92 Å². The number of hydrogen-bond acceptors (Lipinski definition) is 4. The van der Waals surface area contributed by atoms with E-state index in [1.54, 1.807) is 12.1 Å². The fourth-order valence-corrected chi connectivity index (χ4v) is 4.98. The van der Waals surface area contributed by atoms with E-state index in [-0.39, 0.29) is 36.5 Å². The second kappa shape index (κ2) is 8.78. The van der Waals surface area contributed by atoms with Crippen molar-refractivity contribution in [1.82, 2.24) is 10.6 Å². The molecule has 0 aromatic heterocycles. The topological polar surface area (TPSA) is 92.3 Å². The Bertz CT molecular complexity index is 1000. The summed E-state index contributed by atoms with van der Waals surface area (Å²) in [6.07, 6.45) is 0.722. The van der Waals surface area contributed by atoms with Crippen LogP contribution >= 0.6 is 0 Å². The highest BCUT2D eigenvalue weighted by Gasteiger charge is 2.27. The average Bonchev–Trinajstić information content (AvgIpc) is 2.99. The van der Waals surface area contributed by atoms with Gasteiger partial charge in [-0.25, -0.2) is 8.42 Å². The Kier molecular flexibility index (Phi) is 6.37. The van der Waals surface area contributed by atoms with Gasteiger partial charge in [0.05, 0.1) is 17.1 Å². The van der Waals surface area contributed by atoms with Crippen LogP contribution in [0.3, 0.4) is 0 Å². The van der Waals surface area contributed by atoms with Crippen molar-refractivity contribution >= 4 is 21.7 Å². The van der Waals surface area contributed by atoms with Crippen molar-refractivity contribution in [2.45, 2.75) is 44.2 Å². The maximum Gasteiger partial charge on any atom is 0.243 e. The zero-order valence-electron chi connectivity index (χ0n) is 16.6. The summed E-state index contributed by atoms with van der Waals surface area (Å²) in [5.41, 5.74) is 2.53. The molecule has 0 radical (unpaired) electrons. The summed E-state index contributed by atoms with van der Waals surface area (Å²) < 4.78 is 23.8. The minimum Gasteiger partial charge on any atom is -0.350 e. The lowest BCUT2D eigenvalue weighted by Crippen LogP contribution is -2.49. The minimum atomic E-state index is -3.15. The molecule has 6 nitrogen and oxygen atoms in total. The number of sulfone groups is 1. The Labute approximate surface area is 171 Å². The lowest BCUT2D eigenvalue weighted by molar-refractivity contribution is -0.129. The number of aryl methyl sites for hydroxylation is 1. The van der Waals surface area contributed by atoms with E-state index in [4.69, 9.17) is 0 Å². The predicted octanol–water partition coefficient (Wildman–Crippen LogP) is 2.02. The van der Waals surface area contributed by atoms with Gasteiger partial charge in [-0.3, -0.25) is 9.59 Å². The van der Waals surface area contributed by atoms with E-state index in [0.717, 1.165) is 16.7 Å². The molecule has 0 bridgehead atoms. The van der Waals surface area contributed by atoms with Crippen LogP contribution in [0.5, 0.6) is 0 Å². The largest absolute Gasteiger partial charge is 0.350 e. The number of carbonyl (C=O) groups is 2. The maximum absolute atomic E-state index is 12.7. The molecule has 0 fully saturated rings. The van der Waals surface area contributed by atoms with Crippen LogP contribution < -0.4 is 10.6 Å². The third-order valence-electron chi connectivity index (χ3n) is 5.04. The van der Waals surface area contributed by atoms with Gasteiger partial charge in [0.1, 0.15) is 6.04 Å². The molecule has 7 heteroatoms. The van der Waals surface area contributed by atoms with E-state index >= 15 is 0 Å². The van der Waals surface area contributed by atoms with Crippen LogP contribution in [0.1, 0.15) is 30.5 Å². The molecule has 2 aromatic rings. The Morgan fingerprint density at radius 1 is 1.03 bits per heavy atom. The zero-order chi connectivity index (χ0) is 21.0. The van der Waals surface area contributed by atoms with Gasteiger partial charge < -0.3 is 10.6 Å². The first-order valence-corrected chi connectivity index (χ1v) is 11.4. The number of rotatable bonds is 7. The molecule has 154 valence electrons. The van der Waals surface area contributed by atoms with E-state index in [2.05, 4.69) is 10.6 Å². The Morgan fingerprint density at radius 3 is 2.45 bits per heavy atom. The highest BCUT2D eigenvalue weighted by atomic mass is 32.2. The van der Waals surface area contributed by atoms with Crippen molar-refractivity contribution in [3.05, 3.63) is 65.2 Å². The van der Waals surface area contributed by atoms with Crippen molar-refractivity contribution in [1.29, 1.82) is 0 Å². The first kappa shape index (κ1) is 21.0. The van der Waals surface area contributed by atoms with Crippen LogP contribution in [-0.4, -0.2) is 32.0 Å². The molecule has 3 rings (SSSR count). The van der Waals surface area contributed by atoms with E-state index in [1.807, 2.05) is 50.2 Å². The van der Waals surface area contributed by atoms with Crippen molar-refractivity contribution in [3.63, 3.8) is 0 Å².